The molecule has 2 heteroatoms. The minimum Gasteiger partial charge on any atom is -0.497 e. The molecule has 1 heterocycles. The molecule has 0 fully saturated rings. The van der Waals surface area contributed by atoms with Gasteiger partial charge in [-0.2, -0.15) is 0 Å². The number of aromatic nitrogens is 1. The van der Waals surface area contributed by atoms with Gasteiger partial charge in [0.25, 0.3) is 0 Å². The first-order valence-electron chi connectivity index (χ1n) is 10.4. The van der Waals surface area contributed by atoms with Gasteiger partial charge in [-0.3, -0.25) is 0 Å². The highest BCUT2D eigenvalue weighted by Crippen LogP contribution is 2.34. The van der Waals surface area contributed by atoms with Crippen LogP contribution in [0.5, 0.6) is 5.75 Å². The molecule has 0 aliphatic carbocycles. The first-order valence-corrected chi connectivity index (χ1v) is 10.4. The Balaban J connectivity index is 1.82. The van der Waals surface area contributed by atoms with E-state index in [1.165, 1.54) is 33.2 Å². The summed E-state index contributed by atoms with van der Waals surface area (Å²) >= 11 is 0. The van der Waals surface area contributed by atoms with E-state index in [9.17, 15) is 0 Å². The molecule has 3 aromatic carbocycles. The molecule has 4 rings (SSSR count). The van der Waals surface area contributed by atoms with Gasteiger partial charge in [-0.1, -0.05) is 75.9 Å². The molecule has 152 valence electrons. The van der Waals surface area contributed by atoms with Gasteiger partial charge in [-0.15, -0.1) is 0 Å². The number of methoxy groups -OCH3 is 1. The van der Waals surface area contributed by atoms with E-state index < -0.39 is 0 Å². The maximum atomic E-state index is 5.40. The van der Waals surface area contributed by atoms with Gasteiger partial charge in [0.15, 0.2) is 0 Å². The Kier molecular flexibility index (Phi) is 5.26. The summed E-state index contributed by atoms with van der Waals surface area (Å²) in [6.45, 7) is 11.5. The van der Waals surface area contributed by atoms with Crippen molar-refractivity contribution in [3.8, 4) is 16.9 Å². The highest BCUT2D eigenvalue weighted by atomic mass is 16.5. The van der Waals surface area contributed by atoms with E-state index in [0.717, 1.165) is 17.9 Å². The third kappa shape index (κ3) is 3.91. The van der Waals surface area contributed by atoms with Crippen LogP contribution in [0.3, 0.4) is 0 Å². The molecule has 4 aromatic rings. The number of ether oxygens (including phenoxy) is 1. The van der Waals surface area contributed by atoms with Crippen LogP contribution in [0.4, 0.5) is 0 Å². The van der Waals surface area contributed by atoms with Crippen molar-refractivity contribution in [1.82, 2.24) is 4.57 Å². The zero-order valence-electron chi connectivity index (χ0n) is 18.3. The summed E-state index contributed by atoms with van der Waals surface area (Å²) in [6, 6.07) is 23.8. The molecule has 0 aliphatic rings. The third-order valence-electron chi connectivity index (χ3n) is 5.69. The fraction of sp³-hybridized carbons (Fsp3) is 0.214. The summed E-state index contributed by atoms with van der Waals surface area (Å²) in [6.07, 6.45) is 4.18. The van der Waals surface area contributed by atoms with Gasteiger partial charge in [0.05, 0.1) is 7.11 Å². The molecular formula is C28H29NO. The maximum absolute atomic E-state index is 5.40. The molecule has 0 saturated carbocycles. The molecule has 0 spiro atoms. The Morgan fingerprint density at radius 2 is 1.73 bits per heavy atom. The molecule has 0 unspecified atom stereocenters. The molecule has 1 aromatic heterocycles. The normalized spacial score (nSPS) is 11.6. The molecule has 0 atom stereocenters. The summed E-state index contributed by atoms with van der Waals surface area (Å²) in [5, 5.41) is 1.25. The molecule has 0 N–H and O–H groups in total. The van der Waals surface area contributed by atoms with E-state index in [1.807, 2.05) is 18.2 Å². The summed E-state index contributed by atoms with van der Waals surface area (Å²) in [7, 11) is 1.71. The van der Waals surface area contributed by atoms with Crippen LogP contribution >= 0.6 is 0 Å². The van der Waals surface area contributed by atoms with Crippen LogP contribution in [0.2, 0.25) is 0 Å². The second-order valence-corrected chi connectivity index (χ2v) is 8.83. The summed E-state index contributed by atoms with van der Waals surface area (Å²) in [5.74, 6) is 0.885. The topological polar surface area (TPSA) is 14.2 Å². The van der Waals surface area contributed by atoms with Gasteiger partial charge in [-0.05, 0) is 51.9 Å². The third-order valence-corrected chi connectivity index (χ3v) is 5.69. The Bertz CT molecular complexity index is 1190. The standard InChI is InChI=1S/C28H29NO/c1-6-20-10-15-27-25(17-20)26(22-11-13-23(14-12-22)28(2,3)4)19-29(27)18-21-8-7-9-24(16-21)30-5/h6-17,19H,1,18H2,2-5H3. The predicted octanol–water partition coefficient (Wildman–Crippen LogP) is 7.31. The molecule has 0 aliphatic heterocycles. The van der Waals surface area contributed by atoms with Crippen LogP contribution in [0.1, 0.15) is 37.5 Å². The smallest absolute Gasteiger partial charge is 0.119 e. The summed E-state index contributed by atoms with van der Waals surface area (Å²) < 4.78 is 7.73. The summed E-state index contributed by atoms with van der Waals surface area (Å²) in [5.41, 5.74) is 7.55. The Hall–Kier alpha value is -3.26. The predicted molar refractivity (Wildman–Crippen MR) is 128 cm³/mol. The minimum atomic E-state index is 0.148. The molecule has 30 heavy (non-hydrogen) atoms. The van der Waals surface area contributed by atoms with E-state index in [4.69, 9.17) is 4.74 Å². The van der Waals surface area contributed by atoms with Crippen molar-refractivity contribution in [2.45, 2.75) is 32.7 Å². The van der Waals surface area contributed by atoms with E-state index in [1.54, 1.807) is 7.11 Å². The lowest BCUT2D eigenvalue weighted by molar-refractivity contribution is 0.414. The number of rotatable bonds is 5. The van der Waals surface area contributed by atoms with Crippen molar-refractivity contribution >= 4 is 17.0 Å². The average molecular weight is 396 g/mol. The van der Waals surface area contributed by atoms with Crippen molar-refractivity contribution in [1.29, 1.82) is 0 Å². The van der Waals surface area contributed by atoms with Gasteiger partial charge >= 0.3 is 0 Å². The van der Waals surface area contributed by atoms with E-state index in [0.29, 0.717) is 0 Å². The maximum Gasteiger partial charge on any atom is 0.119 e. The summed E-state index contributed by atoms with van der Waals surface area (Å²) in [4.78, 5) is 0. The first kappa shape index (κ1) is 20.0. The van der Waals surface area contributed by atoms with Gasteiger partial charge in [0, 0.05) is 29.2 Å². The zero-order chi connectivity index (χ0) is 21.3. The lowest BCUT2D eigenvalue weighted by atomic mass is 9.86. The number of hydrogen-bond acceptors (Lipinski definition) is 1. The van der Waals surface area contributed by atoms with Crippen LogP contribution in [-0.2, 0) is 12.0 Å². The van der Waals surface area contributed by atoms with Crippen molar-refractivity contribution in [3.63, 3.8) is 0 Å². The fourth-order valence-corrected chi connectivity index (χ4v) is 3.92. The number of benzene rings is 3. The van der Waals surface area contributed by atoms with E-state index >= 15 is 0 Å². The van der Waals surface area contributed by atoms with Crippen LogP contribution in [0.25, 0.3) is 28.1 Å². The monoisotopic (exact) mass is 395 g/mol. The second-order valence-electron chi connectivity index (χ2n) is 8.83. The van der Waals surface area contributed by atoms with Gasteiger partial charge in [0.2, 0.25) is 0 Å². The molecule has 0 amide bonds. The van der Waals surface area contributed by atoms with Crippen LogP contribution < -0.4 is 4.74 Å². The quantitative estimate of drug-likeness (QED) is 0.346. The van der Waals surface area contributed by atoms with Crippen LogP contribution in [-0.4, -0.2) is 11.7 Å². The van der Waals surface area contributed by atoms with Crippen molar-refractivity contribution in [2.75, 3.05) is 7.11 Å². The average Bonchev–Trinajstić information content (AvgIpc) is 3.10. The molecule has 0 radical (unpaired) electrons. The second kappa shape index (κ2) is 7.87. The Labute approximate surface area is 179 Å². The fourth-order valence-electron chi connectivity index (χ4n) is 3.92. The van der Waals surface area contributed by atoms with Gasteiger partial charge in [-0.25, -0.2) is 0 Å². The SMILES string of the molecule is C=Cc1ccc2c(c1)c(-c1ccc(C(C)(C)C)cc1)cn2Cc1cccc(OC)c1. The van der Waals surface area contributed by atoms with Crippen LogP contribution in [0, 0.1) is 0 Å². The number of hydrogen-bond donors (Lipinski definition) is 0. The van der Waals surface area contributed by atoms with Crippen LogP contribution in [0.15, 0.2) is 79.5 Å². The zero-order valence-corrected chi connectivity index (χ0v) is 18.3. The highest BCUT2D eigenvalue weighted by Gasteiger charge is 2.15. The van der Waals surface area contributed by atoms with Gasteiger partial charge in [0.1, 0.15) is 5.75 Å². The Morgan fingerprint density at radius 3 is 2.40 bits per heavy atom. The van der Waals surface area contributed by atoms with Crippen molar-refractivity contribution < 1.29 is 4.74 Å². The lowest BCUT2D eigenvalue weighted by Gasteiger charge is -2.19. The van der Waals surface area contributed by atoms with Crippen molar-refractivity contribution in [2.24, 2.45) is 0 Å². The molecule has 0 saturated heterocycles. The van der Waals surface area contributed by atoms with E-state index in [-0.39, 0.29) is 5.41 Å². The molecular weight excluding hydrogens is 366 g/mol. The molecule has 0 bridgehead atoms. The van der Waals surface area contributed by atoms with Gasteiger partial charge < -0.3 is 9.30 Å². The number of fused-ring (bicyclic) bond motifs is 1. The van der Waals surface area contributed by atoms with Crippen molar-refractivity contribution in [3.05, 3.63) is 96.2 Å². The molecule has 2 nitrogen and oxygen atoms in total. The minimum absolute atomic E-state index is 0.148. The number of nitrogens with zero attached hydrogens (tertiary/aromatic N) is 1. The lowest BCUT2D eigenvalue weighted by Crippen LogP contribution is -2.10. The Morgan fingerprint density at radius 1 is 0.967 bits per heavy atom. The largest absolute Gasteiger partial charge is 0.497 e. The van der Waals surface area contributed by atoms with E-state index in [2.05, 4.69) is 92.7 Å². The first-order chi connectivity index (χ1) is 14.4. The highest BCUT2D eigenvalue weighted by molar-refractivity contribution is 5.97.